The van der Waals surface area contributed by atoms with Crippen LogP contribution >= 0.6 is 24.0 Å². The van der Waals surface area contributed by atoms with E-state index < -0.39 is 12.1 Å². The van der Waals surface area contributed by atoms with Gasteiger partial charge < -0.3 is 15.6 Å². The summed E-state index contributed by atoms with van der Waals surface area (Å²) in [6.45, 7) is 2.09. The Kier molecular flexibility index (Phi) is 8.36. The van der Waals surface area contributed by atoms with Gasteiger partial charge in [0.25, 0.3) is 0 Å². The summed E-state index contributed by atoms with van der Waals surface area (Å²) in [6.07, 6.45) is 2.21. The summed E-state index contributed by atoms with van der Waals surface area (Å²) < 4.78 is 5.13. The van der Waals surface area contributed by atoms with Crippen molar-refractivity contribution in [2.75, 3.05) is 7.11 Å². The first-order chi connectivity index (χ1) is 8.10. The molecule has 0 spiro atoms. The Hall–Kier alpha value is -0.480. The van der Waals surface area contributed by atoms with Crippen LogP contribution in [0, 0.1) is 0 Å². The van der Waals surface area contributed by atoms with E-state index in [1.165, 1.54) is 0 Å². The third kappa shape index (κ3) is 4.65. The molecule has 0 bridgehead atoms. The number of rotatable bonds is 6. The third-order valence-electron chi connectivity index (χ3n) is 2.83. The molecular formula is C13H21Cl2NO2. The van der Waals surface area contributed by atoms with Gasteiger partial charge in [0.1, 0.15) is 5.75 Å². The number of aliphatic hydroxyl groups excluding tert-OH is 1. The van der Waals surface area contributed by atoms with E-state index in [4.69, 9.17) is 22.1 Å². The summed E-state index contributed by atoms with van der Waals surface area (Å²) in [5, 5.41) is 10.5. The average Bonchev–Trinajstić information content (AvgIpc) is 2.35. The zero-order chi connectivity index (χ0) is 12.8. The largest absolute Gasteiger partial charge is 0.495 e. The molecule has 0 aliphatic rings. The van der Waals surface area contributed by atoms with Crippen LogP contribution in [0.1, 0.15) is 37.8 Å². The molecule has 1 aromatic rings. The molecule has 104 valence electrons. The van der Waals surface area contributed by atoms with Crippen molar-refractivity contribution in [1.82, 2.24) is 0 Å². The minimum atomic E-state index is -0.527. The molecule has 3 nitrogen and oxygen atoms in total. The Balaban J connectivity index is 0.00000289. The van der Waals surface area contributed by atoms with E-state index in [0.717, 1.165) is 18.4 Å². The molecule has 0 aliphatic carbocycles. The summed E-state index contributed by atoms with van der Waals surface area (Å²) in [7, 11) is 1.56. The van der Waals surface area contributed by atoms with Crippen LogP contribution in [0.15, 0.2) is 18.2 Å². The van der Waals surface area contributed by atoms with Crippen molar-refractivity contribution >= 4 is 24.0 Å². The van der Waals surface area contributed by atoms with E-state index in [1.54, 1.807) is 19.2 Å². The maximum Gasteiger partial charge on any atom is 0.137 e. The first-order valence-corrected chi connectivity index (χ1v) is 6.25. The highest BCUT2D eigenvalue weighted by Gasteiger charge is 2.17. The van der Waals surface area contributed by atoms with Gasteiger partial charge >= 0.3 is 0 Å². The summed E-state index contributed by atoms with van der Waals surface area (Å²) in [5.41, 5.74) is 6.85. The van der Waals surface area contributed by atoms with Gasteiger partial charge in [0, 0.05) is 0 Å². The Labute approximate surface area is 120 Å². The second-order valence-electron chi connectivity index (χ2n) is 4.13. The first kappa shape index (κ1) is 17.5. The number of aliphatic hydroxyl groups is 1. The highest BCUT2D eigenvalue weighted by molar-refractivity contribution is 6.32. The number of benzene rings is 1. The van der Waals surface area contributed by atoms with Crippen LogP contribution in [-0.2, 0) is 0 Å². The number of halogens is 2. The van der Waals surface area contributed by atoms with Crippen LogP contribution in [0.4, 0.5) is 0 Å². The smallest absolute Gasteiger partial charge is 0.137 e. The minimum Gasteiger partial charge on any atom is -0.495 e. The van der Waals surface area contributed by atoms with Crippen molar-refractivity contribution in [2.24, 2.45) is 5.73 Å². The molecule has 0 saturated carbocycles. The zero-order valence-corrected chi connectivity index (χ0v) is 12.3. The minimum absolute atomic E-state index is 0. The molecule has 2 atom stereocenters. The van der Waals surface area contributed by atoms with E-state index >= 15 is 0 Å². The van der Waals surface area contributed by atoms with Crippen molar-refractivity contribution in [3.05, 3.63) is 28.8 Å². The zero-order valence-electron chi connectivity index (χ0n) is 10.7. The first-order valence-electron chi connectivity index (χ1n) is 5.87. The van der Waals surface area contributed by atoms with E-state index in [0.29, 0.717) is 17.2 Å². The number of ether oxygens (including phenoxy) is 1. The van der Waals surface area contributed by atoms with Crippen LogP contribution in [0.2, 0.25) is 5.02 Å². The molecule has 0 aliphatic heterocycles. The van der Waals surface area contributed by atoms with Crippen molar-refractivity contribution in [3.8, 4) is 5.75 Å². The van der Waals surface area contributed by atoms with Crippen LogP contribution in [-0.4, -0.2) is 18.3 Å². The van der Waals surface area contributed by atoms with Gasteiger partial charge in [0.05, 0.1) is 24.3 Å². The molecular weight excluding hydrogens is 273 g/mol. The Morgan fingerprint density at radius 1 is 1.44 bits per heavy atom. The lowest BCUT2D eigenvalue weighted by molar-refractivity contribution is 0.132. The van der Waals surface area contributed by atoms with Crippen molar-refractivity contribution in [3.63, 3.8) is 0 Å². The topological polar surface area (TPSA) is 55.5 Å². The van der Waals surface area contributed by atoms with Crippen LogP contribution < -0.4 is 10.5 Å². The highest BCUT2D eigenvalue weighted by Crippen LogP contribution is 2.28. The number of unbranched alkanes of at least 4 members (excludes halogenated alkanes) is 1. The van der Waals surface area contributed by atoms with E-state index in [1.807, 2.05) is 6.07 Å². The molecule has 0 unspecified atom stereocenters. The number of hydrogen-bond acceptors (Lipinski definition) is 3. The van der Waals surface area contributed by atoms with Crippen LogP contribution in [0.5, 0.6) is 5.75 Å². The van der Waals surface area contributed by atoms with Crippen molar-refractivity contribution in [2.45, 2.75) is 38.3 Å². The lowest BCUT2D eigenvalue weighted by Gasteiger charge is -2.19. The van der Waals surface area contributed by atoms with E-state index in [2.05, 4.69) is 6.92 Å². The third-order valence-corrected chi connectivity index (χ3v) is 3.14. The second kappa shape index (κ2) is 8.59. The number of hydrogen-bond donors (Lipinski definition) is 2. The molecule has 0 fully saturated rings. The molecule has 1 rings (SSSR count). The fraction of sp³-hybridized carbons (Fsp3) is 0.538. The molecule has 0 amide bonds. The molecule has 0 heterocycles. The molecule has 18 heavy (non-hydrogen) atoms. The van der Waals surface area contributed by atoms with Gasteiger partial charge in [0.2, 0.25) is 0 Å². The summed E-state index contributed by atoms with van der Waals surface area (Å²) in [6, 6.07) is 4.95. The predicted octanol–water partition coefficient (Wildman–Crippen LogP) is 3.32. The van der Waals surface area contributed by atoms with E-state index in [9.17, 15) is 5.11 Å². The van der Waals surface area contributed by atoms with Gasteiger partial charge in [-0.25, -0.2) is 0 Å². The van der Waals surface area contributed by atoms with Gasteiger partial charge in [-0.1, -0.05) is 37.4 Å². The monoisotopic (exact) mass is 293 g/mol. The molecule has 1 aromatic carbocycles. The maximum absolute atomic E-state index is 9.94. The van der Waals surface area contributed by atoms with E-state index in [-0.39, 0.29) is 12.4 Å². The fourth-order valence-corrected chi connectivity index (χ4v) is 1.89. The van der Waals surface area contributed by atoms with Gasteiger partial charge in [-0.05, 0) is 24.1 Å². The molecule has 5 heteroatoms. The second-order valence-corrected chi connectivity index (χ2v) is 4.54. The summed E-state index contributed by atoms with van der Waals surface area (Å²) in [4.78, 5) is 0. The number of nitrogens with two attached hydrogens (primary N) is 1. The SMILES string of the molecule is CCCC[C@@H](O)[C@@H](N)c1ccc(Cl)c(OC)c1.Cl. The lowest BCUT2D eigenvalue weighted by Crippen LogP contribution is -2.26. The highest BCUT2D eigenvalue weighted by atomic mass is 35.5. The average molecular weight is 294 g/mol. The molecule has 0 radical (unpaired) electrons. The number of methoxy groups -OCH3 is 1. The standard InChI is InChI=1S/C13H20ClNO2.ClH/c1-3-4-5-11(16)13(15)9-6-7-10(14)12(8-9)17-2;/h6-8,11,13,16H,3-5,15H2,1-2H3;1H/t11-,13+;/m1./s1. The van der Waals surface area contributed by atoms with Crippen LogP contribution in [0.25, 0.3) is 0 Å². The maximum atomic E-state index is 9.94. The Bertz CT molecular complexity index is 361. The molecule has 0 saturated heterocycles. The van der Waals surface area contributed by atoms with Crippen molar-refractivity contribution < 1.29 is 9.84 Å². The lowest BCUT2D eigenvalue weighted by atomic mass is 9.98. The van der Waals surface area contributed by atoms with Gasteiger partial charge in [-0.2, -0.15) is 0 Å². The Morgan fingerprint density at radius 2 is 2.11 bits per heavy atom. The van der Waals surface area contributed by atoms with Gasteiger partial charge in [-0.3, -0.25) is 0 Å². The van der Waals surface area contributed by atoms with Crippen LogP contribution in [0.3, 0.4) is 0 Å². The quantitative estimate of drug-likeness (QED) is 0.846. The summed E-state index contributed by atoms with van der Waals surface area (Å²) in [5.74, 6) is 0.585. The molecule has 3 N–H and O–H groups in total. The van der Waals surface area contributed by atoms with Gasteiger partial charge in [0.15, 0.2) is 0 Å². The predicted molar refractivity (Wildman–Crippen MR) is 77.7 cm³/mol. The van der Waals surface area contributed by atoms with Crippen molar-refractivity contribution in [1.29, 1.82) is 0 Å². The normalized spacial score (nSPS) is 13.6. The summed E-state index contributed by atoms with van der Waals surface area (Å²) >= 11 is 5.94. The fourth-order valence-electron chi connectivity index (χ4n) is 1.70. The Morgan fingerprint density at radius 3 is 2.67 bits per heavy atom. The van der Waals surface area contributed by atoms with Gasteiger partial charge in [-0.15, -0.1) is 12.4 Å². The molecule has 0 aromatic heterocycles.